The second-order valence-corrected chi connectivity index (χ2v) is 6.45. The summed E-state index contributed by atoms with van der Waals surface area (Å²) < 4.78 is 10.7. The summed E-state index contributed by atoms with van der Waals surface area (Å²) in [4.78, 5) is 0. The van der Waals surface area contributed by atoms with E-state index in [1.807, 2.05) is 13.8 Å². The van der Waals surface area contributed by atoms with E-state index in [-0.39, 0.29) is 6.10 Å². The lowest BCUT2D eigenvalue weighted by Crippen LogP contribution is -2.31. The van der Waals surface area contributed by atoms with E-state index in [0.717, 1.165) is 12.5 Å². The summed E-state index contributed by atoms with van der Waals surface area (Å²) in [6.45, 7) is 11.7. The molecule has 0 aromatic carbocycles. The lowest BCUT2D eigenvalue weighted by Gasteiger charge is -2.13. The van der Waals surface area contributed by atoms with Crippen molar-refractivity contribution in [1.82, 2.24) is 5.32 Å². The Morgan fingerprint density at radius 2 is 1.67 bits per heavy atom. The van der Waals surface area contributed by atoms with E-state index in [1.165, 1.54) is 32.1 Å². The highest BCUT2D eigenvalue weighted by Crippen LogP contribution is 2.08. The number of aliphatic hydroxyl groups is 1. The summed E-state index contributed by atoms with van der Waals surface area (Å²) in [5.41, 5.74) is 0. The third kappa shape index (κ3) is 17.8. The fourth-order valence-electron chi connectivity index (χ4n) is 2.05. The molecule has 4 nitrogen and oxygen atoms in total. The number of unbranched alkanes of at least 4 members (excludes halogenated alkanes) is 3. The van der Waals surface area contributed by atoms with Crippen molar-refractivity contribution >= 4 is 0 Å². The van der Waals surface area contributed by atoms with Crippen molar-refractivity contribution in [2.24, 2.45) is 5.92 Å². The molecule has 0 aromatic heterocycles. The second kappa shape index (κ2) is 14.8. The number of nitrogens with one attached hydrogen (secondary N) is 1. The Labute approximate surface area is 131 Å². The molecule has 128 valence electrons. The maximum Gasteiger partial charge on any atom is 0.0897 e. The van der Waals surface area contributed by atoms with Gasteiger partial charge in [-0.3, -0.25) is 0 Å². The van der Waals surface area contributed by atoms with Crippen LogP contribution in [0, 0.1) is 5.92 Å². The maximum absolute atomic E-state index is 9.73. The van der Waals surface area contributed by atoms with Crippen LogP contribution in [0.15, 0.2) is 0 Å². The average Bonchev–Trinajstić information content (AvgIpc) is 2.40. The minimum Gasteiger partial charge on any atom is -0.389 e. The summed E-state index contributed by atoms with van der Waals surface area (Å²) in [6.07, 6.45) is 6.27. The lowest BCUT2D eigenvalue weighted by molar-refractivity contribution is -0.00992. The van der Waals surface area contributed by atoms with Crippen molar-refractivity contribution < 1.29 is 14.6 Å². The van der Waals surface area contributed by atoms with Crippen molar-refractivity contribution in [3.05, 3.63) is 0 Å². The quantitative estimate of drug-likeness (QED) is 0.457. The van der Waals surface area contributed by atoms with Gasteiger partial charge in [-0.25, -0.2) is 0 Å². The van der Waals surface area contributed by atoms with Gasteiger partial charge in [-0.05, 0) is 32.7 Å². The Bertz CT molecular complexity index is 210. The van der Waals surface area contributed by atoms with Crippen LogP contribution in [0.5, 0.6) is 0 Å². The van der Waals surface area contributed by atoms with Gasteiger partial charge in [0.2, 0.25) is 0 Å². The molecular weight excluding hydrogens is 266 g/mol. The molecule has 4 heteroatoms. The van der Waals surface area contributed by atoms with Crippen LogP contribution in [0.2, 0.25) is 0 Å². The first-order valence-electron chi connectivity index (χ1n) is 8.60. The maximum atomic E-state index is 9.73. The van der Waals surface area contributed by atoms with Crippen LogP contribution in [-0.4, -0.2) is 50.2 Å². The van der Waals surface area contributed by atoms with Crippen LogP contribution in [0.3, 0.4) is 0 Å². The summed E-state index contributed by atoms with van der Waals surface area (Å²) >= 11 is 0. The largest absolute Gasteiger partial charge is 0.389 e. The normalized spacial score (nSPS) is 13.3. The van der Waals surface area contributed by atoms with E-state index in [2.05, 4.69) is 19.2 Å². The molecule has 0 aliphatic heterocycles. The van der Waals surface area contributed by atoms with E-state index in [9.17, 15) is 5.11 Å². The number of rotatable bonds is 15. The smallest absolute Gasteiger partial charge is 0.0897 e. The summed E-state index contributed by atoms with van der Waals surface area (Å²) in [5, 5.41) is 13.0. The highest BCUT2D eigenvalue weighted by Gasteiger charge is 2.03. The molecule has 0 spiro atoms. The average molecular weight is 303 g/mol. The molecule has 0 aliphatic rings. The van der Waals surface area contributed by atoms with Crippen molar-refractivity contribution in [1.29, 1.82) is 0 Å². The number of aliphatic hydroxyl groups excluding tert-OH is 1. The molecule has 0 amide bonds. The third-order valence-electron chi connectivity index (χ3n) is 3.25. The molecule has 0 saturated carbocycles. The van der Waals surface area contributed by atoms with E-state index >= 15 is 0 Å². The fraction of sp³-hybridized carbons (Fsp3) is 1.00. The topological polar surface area (TPSA) is 50.7 Å². The minimum absolute atomic E-state index is 0.237. The van der Waals surface area contributed by atoms with Gasteiger partial charge in [0.1, 0.15) is 0 Å². The molecule has 1 atom stereocenters. The van der Waals surface area contributed by atoms with Crippen molar-refractivity contribution in [3.63, 3.8) is 0 Å². The second-order valence-electron chi connectivity index (χ2n) is 6.45. The SMILES string of the molecule is CC(C)CCCCCCNCC(O)COCCOC(C)C. The van der Waals surface area contributed by atoms with Crippen molar-refractivity contribution in [2.45, 2.75) is 72.0 Å². The Morgan fingerprint density at radius 1 is 0.952 bits per heavy atom. The highest BCUT2D eigenvalue weighted by atomic mass is 16.5. The molecule has 0 aliphatic carbocycles. The Hall–Kier alpha value is -0.160. The molecule has 0 bridgehead atoms. The highest BCUT2D eigenvalue weighted by molar-refractivity contribution is 4.59. The van der Waals surface area contributed by atoms with Gasteiger partial charge in [-0.1, -0.05) is 39.5 Å². The molecular formula is C17H37NO3. The molecule has 0 saturated heterocycles. The van der Waals surface area contributed by atoms with Crippen molar-refractivity contribution in [3.8, 4) is 0 Å². The zero-order valence-corrected chi connectivity index (χ0v) is 14.6. The number of hydrogen-bond acceptors (Lipinski definition) is 4. The van der Waals surface area contributed by atoms with E-state index in [1.54, 1.807) is 0 Å². The van der Waals surface area contributed by atoms with Crippen LogP contribution in [0.1, 0.15) is 59.8 Å². The molecule has 0 heterocycles. The van der Waals surface area contributed by atoms with Gasteiger partial charge in [0.15, 0.2) is 0 Å². The monoisotopic (exact) mass is 303 g/mol. The molecule has 1 unspecified atom stereocenters. The van der Waals surface area contributed by atoms with E-state index in [0.29, 0.717) is 26.4 Å². The van der Waals surface area contributed by atoms with Crippen LogP contribution in [0.25, 0.3) is 0 Å². The van der Waals surface area contributed by atoms with Gasteiger partial charge in [0.25, 0.3) is 0 Å². The Morgan fingerprint density at radius 3 is 2.33 bits per heavy atom. The predicted molar refractivity (Wildman–Crippen MR) is 88.7 cm³/mol. The molecule has 0 rings (SSSR count). The molecule has 0 aromatic rings. The van der Waals surface area contributed by atoms with Gasteiger partial charge in [-0.15, -0.1) is 0 Å². The standard InChI is InChI=1S/C17H37NO3/c1-15(2)9-7-5-6-8-10-18-13-17(19)14-20-11-12-21-16(3)4/h15-19H,5-14H2,1-4H3. The number of hydrogen-bond donors (Lipinski definition) is 2. The molecule has 0 fully saturated rings. The first-order valence-corrected chi connectivity index (χ1v) is 8.60. The first-order chi connectivity index (χ1) is 10.0. The van der Waals surface area contributed by atoms with Gasteiger partial charge >= 0.3 is 0 Å². The van der Waals surface area contributed by atoms with Gasteiger partial charge < -0.3 is 19.9 Å². The lowest BCUT2D eigenvalue weighted by atomic mass is 10.0. The fourth-order valence-corrected chi connectivity index (χ4v) is 2.05. The predicted octanol–water partition coefficient (Wildman–Crippen LogP) is 2.99. The zero-order valence-electron chi connectivity index (χ0n) is 14.6. The molecule has 0 radical (unpaired) electrons. The van der Waals surface area contributed by atoms with Crippen molar-refractivity contribution in [2.75, 3.05) is 32.9 Å². The minimum atomic E-state index is -0.426. The van der Waals surface area contributed by atoms with Gasteiger partial charge in [-0.2, -0.15) is 0 Å². The zero-order chi connectivity index (χ0) is 15.9. The van der Waals surface area contributed by atoms with E-state index < -0.39 is 6.10 Å². The van der Waals surface area contributed by atoms with Crippen LogP contribution in [0.4, 0.5) is 0 Å². The molecule has 21 heavy (non-hydrogen) atoms. The Balaban J connectivity index is 3.17. The number of ether oxygens (including phenoxy) is 2. The first kappa shape index (κ1) is 20.8. The third-order valence-corrected chi connectivity index (χ3v) is 3.25. The van der Waals surface area contributed by atoms with Crippen LogP contribution >= 0.6 is 0 Å². The van der Waals surface area contributed by atoms with Gasteiger partial charge in [0.05, 0.1) is 32.0 Å². The van der Waals surface area contributed by atoms with Gasteiger partial charge in [0, 0.05) is 6.54 Å². The molecule has 2 N–H and O–H groups in total. The summed E-state index contributed by atoms with van der Waals surface area (Å²) in [6, 6.07) is 0. The summed E-state index contributed by atoms with van der Waals surface area (Å²) in [7, 11) is 0. The van der Waals surface area contributed by atoms with Crippen LogP contribution < -0.4 is 5.32 Å². The van der Waals surface area contributed by atoms with Crippen LogP contribution in [-0.2, 0) is 9.47 Å². The van der Waals surface area contributed by atoms with E-state index in [4.69, 9.17) is 9.47 Å². The Kier molecular flexibility index (Phi) is 14.7. The summed E-state index contributed by atoms with van der Waals surface area (Å²) in [5.74, 6) is 0.823.